The minimum atomic E-state index is 0.221. The molecule has 3 rings (SSSR count). The lowest BCUT2D eigenvalue weighted by Gasteiger charge is -2.39. The van der Waals surface area contributed by atoms with E-state index in [4.69, 9.17) is 0 Å². The summed E-state index contributed by atoms with van der Waals surface area (Å²) in [6.07, 6.45) is 1.97. The summed E-state index contributed by atoms with van der Waals surface area (Å²) < 4.78 is 0. The van der Waals surface area contributed by atoms with Gasteiger partial charge in [0.05, 0.1) is 0 Å². The van der Waals surface area contributed by atoms with Crippen LogP contribution in [0.5, 0.6) is 0 Å². The van der Waals surface area contributed by atoms with Crippen LogP contribution < -0.4 is 10.2 Å². The number of amides is 1. The van der Waals surface area contributed by atoms with Crippen molar-refractivity contribution >= 4 is 11.6 Å². The van der Waals surface area contributed by atoms with Crippen LogP contribution in [-0.4, -0.2) is 49.6 Å². The smallest absolute Gasteiger partial charge is 0.225 e. The molecule has 2 heterocycles. The van der Waals surface area contributed by atoms with Crippen molar-refractivity contribution in [3.8, 4) is 0 Å². The van der Waals surface area contributed by atoms with Gasteiger partial charge in [-0.1, -0.05) is 12.1 Å². The van der Waals surface area contributed by atoms with E-state index in [0.717, 1.165) is 45.6 Å². The Kier molecular flexibility index (Phi) is 4.90. The Morgan fingerprint density at radius 2 is 1.91 bits per heavy atom. The molecular formula is C19H29N3O. The molecule has 4 nitrogen and oxygen atoms in total. The van der Waals surface area contributed by atoms with Gasteiger partial charge in [0.25, 0.3) is 0 Å². The number of hydrogen-bond acceptors (Lipinski definition) is 3. The summed E-state index contributed by atoms with van der Waals surface area (Å²) >= 11 is 0. The van der Waals surface area contributed by atoms with Crippen LogP contribution in [-0.2, 0) is 4.79 Å². The molecule has 2 aliphatic rings. The first-order valence-corrected chi connectivity index (χ1v) is 8.89. The number of piperidine rings is 1. The summed E-state index contributed by atoms with van der Waals surface area (Å²) in [5, 5.41) is 3.43. The summed E-state index contributed by atoms with van der Waals surface area (Å²) in [5.74, 6) is 0.595. The first-order chi connectivity index (χ1) is 11.0. The lowest BCUT2D eigenvalue weighted by molar-refractivity contribution is -0.137. The molecule has 2 fully saturated rings. The van der Waals surface area contributed by atoms with Crippen LogP contribution >= 0.6 is 0 Å². The fourth-order valence-electron chi connectivity index (χ4n) is 3.84. The van der Waals surface area contributed by atoms with Gasteiger partial charge in [0.15, 0.2) is 0 Å². The maximum atomic E-state index is 12.7. The Hall–Kier alpha value is -1.55. The van der Waals surface area contributed by atoms with Crippen LogP contribution in [0.25, 0.3) is 0 Å². The molecule has 0 unspecified atom stereocenters. The van der Waals surface area contributed by atoms with E-state index in [1.165, 1.54) is 16.8 Å². The normalized spacial score (nSPS) is 25.5. The molecule has 4 heteroatoms. The molecule has 2 atom stereocenters. The summed E-state index contributed by atoms with van der Waals surface area (Å²) in [6.45, 7) is 11.0. The summed E-state index contributed by atoms with van der Waals surface area (Å²) in [6, 6.07) is 7.09. The van der Waals surface area contributed by atoms with E-state index in [1.807, 2.05) is 0 Å². The van der Waals surface area contributed by atoms with Crippen molar-refractivity contribution in [2.45, 2.75) is 39.7 Å². The largest absolute Gasteiger partial charge is 0.368 e. The first-order valence-electron chi connectivity index (χ1n) is 8.89. The molecule has 0 bridgehead atoms. The standard InChI is InChI=1S/C19H29N3O/c1-14-4-5-15(2)18(12-14)21-8-10-22(11-9-21)19(23)17-6-7-20-16(3)13-17/h4-5,12,16-17,20H,6-11,13H2,1-3H3/t16-,17-/m0/s1. The Morgan fingerprint density at radius 1 is 1.17 bits per heavy atom. The molecule has 0 spiro atoms. The predicted molar refractivity (Wildman–Crippen MR) is 94.9 cm³/mol. The second kappa shape index (κ2) is 6.91. The zero-order valence-corrected chi connectivity index (χ0v) is 14.6. The second-order valence-corrected chi connectivity index (χ2v) is 7.18. The van der Waals surface area contributed by atoms with Crippen LogP contribution in [0, 0.1) is 19.8 Å². The van der Waals surface area contributed by atoms with Gasteiger partial charge in [-0.25, -0.2) is 0 Å². The molecule has 2 aliphatic heterocycles. The van der Waals surface area contributed by atoms with Crippen molar-refractivity contribution in [2.75, 3.05) is 37.6 Å². The van der Waals surface area contributed by atoms with Gasteiger partial charge in [-0.15, -0.1) is 0 Å². The number of nitrogens with zero attached hydrogens (tertiary/aromatic N) is 2. The maximum Gasteiger partial charge on any atom is 0.225 e. The highest BCUT2D eigenvalue weighted by molar-refractivity contribution is 5.79. The number of rotatable bonds is 2. The van der Waals surface area contributed by atoms with E-state index < -0.39 is 0 Å². The number of anilines is 1. The number of nitrogens with one attached hydrogen (secondary N) is 1. The van der Waals surface area contributed by atoms with Gasteiger partial charge in [-0.3, -0.25) is 4.79 Å². The third-order valence-electron chi connectivity index (χ3n) is 5.27. The minimum absolute atomic E-state index is 0.221. The molecule has 1 N–H and O–H groups in total. The predicted octanol–water partition coefficient (Wildman–Crippen LogP) is 2.34. The number of benzene rings is 1. The Balaban J connectivity index is 1.59. The maximum absolute atomic E-state index is 12.7. The summed E-state index contributed by atoms with van der Waals surface area (Å²) in [7, 11) is 0. The molecular weight excluding hydrogens is 286 g/mol. The zero-order chi connectivity index (χ0) is 16.4. The van der Waals surface area contributed by atoms with Gasteiger partial charge in [0.2, 0.25) is 5.91 Å². The third-order valence-corrected chi connectivity index (χ3v) is 5.27. The zero-order valence-electron chi connectivity index (χ0n) is 14.6. The van der Waals surface area contributed by atoms with E-state index in [2.05, 4.69) is 54.1 Å². The fraction of sp³-hybridized carbons (Fsp3) is 0.632. The number of aryl methyl sites for hydroxylation is 2. The SMILES string of the molecule is Cc1ccc(C)c(N2CCN(C(=O)[C@H]3CCN[C@@H](C)C3)CC2)c1. The number of carbonyl (C=O) groups is 1. The minimum Gasteiger partial charge on any atom is -0.368 e. The van der Waals surface area contributed by atoms with E-state index >= 15 is 0 Å². The van der Waals surface area contributed by atoms with E-state index in [1.54, 1.807) is 0 Å². The van der Waals surface area contributed by atoms with Crippen LogP contribution in [0.15, 0.2) is 18.2 Å². The van der Waals surface area contributed by atoms with Crippen molar-refractivity contribution in [3.63, 3.8) is 0 Å². The Bertz CT molecular complexity index is 564. The van der Waals surface area contributed by atoms with Gasteiger partial charge in [-0.05, 0) is 57.4 Å². The first kappa shape index (κ1) is 16.3. The van der Waals surface area contributed by atoms with Crippen molar-refractivity contribution < 1.29 is 4.79 Å². The van der Waals surface area contributed by atoms with Gasteiger partial charge in [-0.2, -0.15) is 0 Å². The lowest BCUT2D eigenvalue weighted by atomic mass is 9.92. The molecule has 23 heavy (non-hydrogen) atoms. The van der Waals surface area contributed by atoms with E-state index in [0.29, 0.717) is 11.9 Å². The molecule has 126 valence electrons. The molecule has 2 saturated heterocycles. The van der Waals surface area contributed by atoms with Crippen molar-refractivity contribution in [3.05, 3.63) is 29.3 Å². The fourth-order valence-corrected chi connectivity index (χ4v) is 3.84. The van der Waals surface area contributed by atoms with Gasteiger partial charge < -0.3 is 15.1 Å². The quantitative estimate of drug-likeness (QED) is 0.910. The summed E-state index contributed by atoms with van der Waals surface area (Å²) in [5.41, 5.74) is 3.95. The van der Waals surface area contributed by atoms with Gasteiger partial charge in [0.1, 0.15) is 0 Å². The monoisotopic (exact) mass is 315 g/mol. The molecule has 0 aliphatic carbocycles. The number of hydrogen-bond donors (Lipinski definition) is 1. The average Bonchev–Trinajstić information content (AvgIpc) is 2.56. The number of piperazine rings is 1. The molecule has 1 aromatic carbocycles. The lowest BCUT2D eigenvalue weighted by Crippen LogP contribution is -2.52. The van der Waals surface area contributed by atoms with Crippen molar-refractivity contribution in [1.82, 2.24) is 10.2 Å². The van der Waals surface area contributed by atoms with Crippen molar-refractivity contribution in [2.24, 2.45) is 5.92 Å². The van der Waals surface area contributed by atoms with Crippen LogP contribution in [0.1, 0.15) is 30.9 Å². The third kappa shape index (κ3) is 3.69. The van der Waals surface area contributed by atoms with E-state index in [9.17, 15) is 4.79 Å². The summed E-state index contributed by atoms with van der Waals surface area (Å²) in [4.78, 5) is 17.3. The van der Waals surface area contributed by atoms with E-state index in [-0.39, 0.29) is 5.92 Å². The Morgan fingerprint density at radius 3 is 2.61 bits per heavy atom. The van der Waals surface area contributed by atoms with Crippen molar-refractivity contribution in [1.29, 1.82) is 0 Å². The molecule has 1 aromatic rings. The molecule has 1 amide bonds. The highest BCUT2D eigenvalue weighted by Crippen LogP contribution is 2.24. The average molecular weight is 315 g/mol. The second-order valence-electron chi connectivity index (χ2n) is 7.18. The molecule has 0 saturated carbocycles. The van der Waals surface area contributed by atoms with Crippen LogP contribution in [0.3, 0.4) is 0 Å². The van der Waals surface area contributed by atoms with Crippen LogP contribution in [0.4, 0.5) is 5.69 Å². The van der Waals surface area contributed by atoms with Gasteiger partial charge in [0, 0.05) is 43.8 Å². The number of carbonyl (C=O) groups excluding carboxylic acids is 1. The molecule has 0 aromatic heterocycles. The topological polar surface area (TPSA) is 35.6 Å². The highest BCUT2D eigenvalue weighted by atomic mass is 16.2. The molecule has 0 radical (unpaired) electrons. The van der Waals surface area contributed by atoms with Crippen LogP contribution in [0.2, 0.25) is 0 Å². The van der Waals surface area contributed by atoms with Gasteiger partial charge >= 0.3 is 0 Å². The highest BCUT2D eigenvalue weighted by Gasteiger charge is 2.30. The Labute approximate surface area is 139 Å².